The fourth-order valence-electron chi connectivity index (χ4n) is 2.84. The molecule has 2 N–H and O–H groups in total. The molecule has 0 bridgehead atoms. The maximum atomic E-state index is 9.77. The van der Waals surface area contributed by atoms with Crippen LogP contribution < -0.4 is 10.2 Å². The van der Waals surface area contributed by atoms with Crippen LogP contribution in [0.2, 0.25) is 5.02 Å². The van der Waals surface area contributed by atoms with Gasteiger partial charge in [-0.15, -0.1) is 0 Å². The van der Waals surface area contributed by atoms with Crippen molar-refractivity contribution in [2.24, 2.45) is 5.92 Å². The van der Waals surface area contributed by atoms with E-state index in [9.17, 15) is 5.11 Å². The lowest BCUT2D eigenvalue weighted by Crippen LogP contribution is -2.26. The van der Waals surface area contributed by atoms with Crippen molar-refractivity contribution in [3.63, 3.8) is 0 Å². The first-order valence-electron chi connectivity index (χ1n) is 7.53. The molecule has 2 rings (SSSR count). The third kappa shape index (κ3) is 4.33. The van der Waals surface area contributed by atoms with Gasteiger partial charge in [-0.3, -0.25) is 0 Å². The molecule has 1 saturated heterocycles. The van der Waals surface area contributed by atoms with Gasteiger partial charge in [0.1, 0.15) is 0 Å². The Balaban J connectivity index is 2.07. The Morgan fingerprint density at radius 3 is 3.00 bits per heavy atom. The van der Waals surface area contributed by atoms with E-state index in [2.05, 4.69) is 16.3 Å². The Bertz CT molecular complexity index is 454. The van der Waals surface area contributed by atoms with Crippen LogP contribution in [0.4, 0.5) is 5.69 Å². The zero-order chi connectivity index (χ0) is 15.2. The average Bonchev–Trinajstić information content (AvgIpc) is 2.93. The van der Waals surface area contributed by atoms with E-state index in [-0.39, 0.29) is 6.10 Å². The van der Waals surface area contributed by atoms with Gasteiger partial charge in [0.2, 0.25) is 0 Å². The number of hydrogen-bond donors (Lipinski definition) is 2. The summed E-state index contributed by atoms with van der Waals surface area (Å²) in [5, 5.41) is 13.9. The predicted molar refractivity (Wildman–Crippen MR) is 87.0 cm³/mol. The van der Waals surface area contributed by atoms with Gasteiger partial charge in [-0.05, 0) is 25.0 Å². The predicted octanol–water partition coefficient (Wildman–Crippen LogP) is 2.28. The molecule has 5 heteroatoms. The van der Waals surface area contributed by atoms with E-state index in [1.807, 2.05) is 19.1 Å². The number of aliphatic hydroxyl groups excluding tert-OH is 1. The zero-order valence-electron chi connectivity index (χ0n) is 12.8. The second-order valence-corrected chi connectivity index (χ2v) is 6.06. The summed E-state index contributed by atoms with van der Waals surface area (Å²) in [7, 11) is 1.70. The lowest BCUT2D eigenvalue weighted by Gasteiger charge is -2.24. The normalized spacial score (nSPS) is 20.0. The van der Waals surface area contributed by atoms with E-state index in [0.717, 1.165) is 43.3 Å². The first kappa shape index (κ1) is 16.6. The molecule has 0 aliphatic carbocycles. The molecular weight excluding hydrogens is 288 g/mol. The SMILES string of the molecule is COCCNCc1cccc(Cl)c1N1CCC(C(C)O)C1. The lowest BCUT2D eigenvalue weighted by atomic mass is 10.0. The highest BCUT2D eigenvalue weighted by Crippen LogP contribution is 2.34. The molecule has 0 spiro atoms. The molecule has 2 unspecified atom stereocenters. The lowest BCUT2D eigenvalue weighted by molar-refractivity contribution is 0.136. The molecule has 1 aliphatic rings. The van der Waals surface area contributed by atoms with Crippen LogP contribution in [0.15, 0.2) is 18.2 Å². The second-order valence-electron chi connectivity index (χ2n) is 5.65. The molecular formula is C16H25ClN2O2. The van der Waals surface area contributed by atoms with Gasteiger partial charge in [0.25, 0.3) is 0 Å². The Morgan fingerprint density at radius 2 is 2.33 bits per heavy atom. The summed E-state index contributed by atoms with van der Waals surface area (Å²) < 4.78 is 5.05. The van der Waals surface area contributed by atoms with Gasteiger partial charge in [-0.25, -0.2) is 0 Å². The summed E-state index contributed by atoms with van der Waals surface area (Å²) in [6, 6.07) is 6.03. The number of anilines is 1. The summed E-state index contributed by atoms with van der Waals surface area (Å²) in [4.78, 5) is 2.30. The van der Waals surface area contributed by atoms with Crippen molar-refractivity contribution in [3.8, 4) is 0 Å². The standard InChI is InChI=1S/C16H25ClN2O2/c1-12(20)14-6-8-19(11-14)16-13(4-3-5-15(16)17)10-18-7-9-21-2/h3-5,12,14,18,20H,6-11H2,1-2H3. The van der Waals surface area contributed by atoms with Gasteiger partial charge in [0.05, 0.1) is 23.4 Å². The van der Waals surface area contributed by atoms with Crippen molar-refractivity contribution in [1.82, 2.24) is 5.32 Å². The molecule has 118 valence electrons. The Kier molecular flexibility index (Phi) is 6.30. The maximum Gasteiger partial charge on any atom is 0.0642 e. The second kappa shape index (κ2) is 7.99. The van der Waals surface area contributed by atoms with E-state index in [4.69, 9.17) is 16.3 Å². The topological polar surface area (TPSA) is 44.7 Å². The Hall–Kier alpha value is -0.810. The summed E-state index contributed by atoms with van der Waals surface area (Å²) >= 11 is 6.42. The number of aliphatic hydroxyl groups is 1. The number of rotatable bonds is 7. The molecule has 0 radical (unpaired) electrons. The fourth-order valence-corrected chi connectivity index (χ4v) is 3.15. The van der Waals surface area contributed by atoms with Crippen LogP contribution in [-0.4, -0.2) is 44.6 Å². The van der Waals surface area contributed by atoms with Crippen molar-refractivity contribution >= 4 is 17.3 Å². The van der Waals surface area contributed by atoms with Crippen molar-refractivity contribution in [3.05, 3.63) is 28.8 Å². The Labute approximate surface area is 132 Å². The van der Waals surface area contributed by atoms with E-state index in [1.54, 1.807) is 7.11 Å². The molecule has 1 aromatic carbocycles. The van der Waals surface area contributed by atoms with Crippen molar-refractivity contribution < 1.29 is 9.84 Å². The molecule has 0 aromatic heterocycles. The molecule has 1 aliphatic heterocycles. The smallest absolute Gasteiger partial charge is 0.0642 e. The summed E-state index contributed by atoms with van der Waals surface area (Å²) in [5.41, 5.74) is 2.30. The van der Waals surface area contributed by atoms with Crippen molar-refractivity contribution in [2.45, 2.75) is 26.0 Å². The molecule has 2 atom stereocenters. The van der Waals surface area contributed by atoms with Crippen LogP contribution in [0, 0.1) is 5.92 Å². The zero-order valence-corrected chi connectivity index (χ0v) is 13.6. The molecule has 1 fully saturated rings. The van der Waals surface area contributed by atoms with E-state index in [0.29, 0.717) is 12.5 Å². The minimum atomic E-state index is -0.263. The van der Waals surface area contributed by atoms with Gasteiger partial charge in [-0.2, -0.15) is 0 Å². The molecule has 1 heterocycles. The highest BCUT2D eigenvalue weighted by atomic mass is 35.5. The highest BCUT2D eigenvalue weighted by Gasteiger charge is 2.28. The van der Waals surface area contributed by atoms with Crippen LogP contribution in [0.5, 0.6) is 0 Å². The highest BCUT2D eigenvalue weighted by molar-refractivity contribution is 6.33. The van der Waals surface area contributed by atoms with E-state index in [1.165, 1.54) is 5.56 Å². The van der Waals surface area contributed by atoms with Gasteiger partial charge >= 0.3 is 0 Å². The molecule has 21 heavy (non-hydrogen) atoms. The van der Waals surface area contributed by atoms with Crippen molar-refractivity contribution in [2.75, 3.05) is 38.3 Å². The van der Waals surface area contributed by atoms with Crippen LogP contribution >= 0.6 is 11.6 Å². The molecule has 1 aromatic rings. The van der Waals surface area contributed by atoms with Crippen LogP contribution in [0.25, 0.3) is 0 Å². The molecule has 4 nitrogen and oxygen atoms in total. The number of methoxy groups -OCH3 is 1. The maximum absolute atomic E-state index is 9.77. The number of para-hydroxylation sites is 1. The number of halogens is 1. The fraction of sp³-hybridized carbons (Fsp3) is 0.625. The first-order valence-corrected chi connectivity index (χ1v) is 7.91. The van der Waals surface area contributed by atoms with Crippen LogP contribution in [-0.2, 0) is 11.3 Å². The largest absolute Gasteiger partial charge is 0.393 e. The van der Waals surface area contributed by atoms with Gasteiger partial charge in [0.15, 0.2) is 0 Å². The summed E-state index contributed by atoms with van der Waals surface area (Å²) in [6.07, 6.45) is 0.750. The van der Waals surface area contributed by atoms with Crippen LogP contribution in [0.3, 0.4) is 0 Å². The molecule has 0 saturated carbocycles. The quantitative estimate of drug-likeness (QED) is 0.758. The van der Waals surface area contributed by atoms with E-state index >= 15 is 0 Å². The van der Waals surface area contributed by atoms with Crippen LogP contribution in [0.1, 0.15) is 18.9 Å². The average molecular weight is 313 g/mol. The molecule has 0 amide bonds. The Morgan fingerprint density at radius 1 is 1.52 bits per heavy atom. The number of nitrogens with one attached hydrogen (secondary N) is 1. The third-order valence-electron chi connectivity index (χ3n) is 4.09. The number of hydrogen-bond acceptors (Lipinski definition) is 4. The van der Waals surface area contributed by atoms with Gasteiger partial charge in [-0.1, -0.05) is 23.7 Å². The minimum absolute atomic E-state index is 0.263. The third-order valence-corrected chi connectivity index (χ3v) is 4.40. The number of benzene rings is 1. The van der Waals surface area contributed by atoms with Gasteiger partial charge in [0, 0.05) is 39.2 Å². The van der Waals surface area contributed by atoms with Crippen molar-refractivity contribution in [1.29, 1.82) is 0 Å². The van der Waals surface area contributed by atoms with E-state index < -0.39 is 0 Å². The monoisotopic (exact) mass is 312 g/mol. The summed E-state index contributed by atoms with van der Waals surface area (Å²) in [5.74, 6) is 0.329. The van der Waals surface area contributed by atoms with Gasteiger partial charge < -0.3 is 20.1 Å². The minimum Gasteiger partial charge on any atom is -0.393 e. The number of nitrogens with zero attached hydrogens (tertiary/aromatic N) is 1. The first-order chi connectivity index (χ1) is 10.1. The summed E-state index contributed by atoms with van der Waals surface area (Å²) in [6.45, 7) is 5.97. The number of ether oxygens (including phenoxy) is 1.